The first kappa shape index (κ1) is 26.2. The molecule has 4 rings (SSSR count). The smallest absolute Gasteiger partial charge is 0.305 e. The SMILES string of the molecule is CCC(=O)OC1C2C(=C(O)C3(O)C(=O)C(C(N)=O)=C(O)C(N(C)C)C13)C(=O)c1c(ccc(N)c1O)C2C. The van der Waals surface area contributed by atoms with Gasteiger partial charge in [0, 0.05) is 17.9 Å². The van der Waals surface area contributed by atoms with Crippen LogP contribution in [0.2, 0.25) is 0 Å². The highest BCUT2D eigenvalue weighted by Gasteiger charge is 2.68. The second-order valence-electron chi connectivity index (χ2n) is 9.84. The van der Waals surface area contributed by atoms with Crippen LogP contribution in [0.5, 0.6) is 5.75 Å². The third-order valence-corrected chi connectivity index (χ3v) is 7.69. The maximum atomic E-state index is 13.7. The zero-order valence-electron chi connectivity index (χ0n) is 20.7. The van der Waals surface area contributed by atoms with Crippen LogP contribution in [-0.2, 0) is 19.1 Å². The minimum Gasteiger partial charge on any atom is -0.510 e. The molecule has 6 unspecified atom stereocenters. The van der Waals surface area contributed by atoms with E-state index < -0.39 is 87.4 Å². The van der Waals surface area contributed by atoms with Crippen molar-refractivity contribution < 1.29 is 44.3 Å². The molecule has 3 aliphatic carbocycles. The van der Waals surface area contributed by atoms with E-state index in [-0.39, 0.29) is 17.7 Å². The molecule has 0 aliphatic heterocycles. The first-order valence-corrected chi connectivity index (χ1v) is 11.7. The minimum absolute atomic E-state index is 0.0927. The Balaban J connectivity index is 2.12. The summed E-state index contributed by atoms with van der Waals surface area (Å²) in [5.74, 6) is -10.2. The molecule has 0 saturated heterocycles. The number of nitrogens with zero attached hydrogens (tertiary/aromatic N) is 1. The summed E-state index contributed by atoms with van der Waals surface area (Å²) in [6.07, 6.45) is -1.52. The Morgan fingerprint density at radius 1 is 1.16 bits per heavy atom. The van der Waals surface area contributed by atoms with Gasteiger partial charge in [0.2, 0.25) is 5.78 Å². The Morgan fingerprint density at radius 3 is 2.32 bits per heavy atom. The summed E-state index contributed by atoms with van der Waals surface area (Å²) in [5, 5.41) is 44.9. The van der Waals surface area contributed by atoms with Crippen molar-refractivity contribution in [3.63, 3.8) is 0 Å². The highest BCUT2D eigenvalue weighted by atomic mass is 16.5. The fraction of sp³-hybridized carbons (Fsp3) is 0.440. The van der Waals surface area contributed by atoms with Crippen molar-refractivity contribution in [2.75, 3.05) is 19.8 Å². The second-order valence-corrected chi connectivity index (χ2v) is 9.84. The van der Waals surface area contributed by atoms with Crippen LogP contribution in [0.3, 0.4) is 0 Å². The molecule has 37 heavy (non-hydrogen) atoms. The van der Waals surface area contributed by atoms with Gasteiger partial charge in [-0.15, -0.1) is 0 Å². The van der Waals surface area contributed by atoms with Gasteiger partial charge in [-0.2, -0.15) is 0 Å². The van der Waals surface area contributed by atoms with Crippen molar-refractivity contribution in [1.29, 1.82) is 0 Å². The Kier molecular flexibility index (Phi) is 6.08. The minimum atomic E-state index is -2.97. The number of aliphatic hydroxyl groups excluding tert-OH is 2. The molecule has 1 aromatic rings. The number of amides is 1. The van der Waals surface area contributed by atoms with Crippen molar-refractivity contribution in [1.82, 2.24) is 4.90 Å². The molecule has 0 heterocycles. The quantitative estimate of drug-likeness (QED) is 0.138. The number of carbonyl (C=O) groups excluding carboxylic acids is 4. The Morgan fingerprint density at radius 2 is 1.78 bits per heavy atom. The molecule has 6 atom stereocenters. The number of primary amides is 1. The Labute approximate surface area is 211 Å². The van der Waals surface area contributed by atoms with Crippen LogP contribution in [0.25, 0.3) is 0 Å². The maximum absolute atomic E-state index is 13.7. The maximum Gasteiger partial charge on any atom is 0.305 e. The number of esters is 1. The first-order chi connectivity index (χ1) is 17.2. The van der Waals surface area contributed by atoms with Crippen LogP contribution >= 0.6 is 0 Å². The van der Waals surface area contributed by atoms with E-state index in [1.807, 2.05) is 0 Å². The molecule has 0 spiro atoms. The lowest BCUT2D eigenvalue weighted by molar-refractivity contribution is -0.180. The number of phenols is 1. The number of phenolic OH excluding ortho intramolecular Hbond substituents is 1. The van der Waals surface area contributed by atoms with Gasteiger partial charge in [-0.25, -0.2) is 0 Å². The van der Waals surface area contributed by atoms with E-state index in [1.54, 1.807) is 6.92 Å². The summed E-state index contributed by atoms with van der Waals surface area (Å²) >= 11 is 0. The number of rotatable bonds is 4. The standard InChI is InChI=1S/C25H29N3O9/c1-5-11(29)37-21-12-8(2)9-6-7-10(26)18(30)13(9)19(31)14(12)22(33)25(36)16(21)17(28(3)4)20(32)15(23(25)34)24(27)35/h6-8,12,16-17,21,30,32-33,36H,5,26H2,1-4H3,(H2,27,35). The largest absolute Gasteiger partial charge is 0.510 e. The molecule has 8 N–H and O–H groups in total. The monoisotopic (exact) mass is 515 g/mol. The van der Waals surface area contributed by atoms with Crippen LogP contribution < -0.4 is 11.5 Å². The van der Waals surface area contributed by atoms with Crippen molar-refractivity contribution in [3.8, 4) is 5.75 Å². The number of hydrogen-bond donors (Lipinski definition) is 6. The van der Waals surface area contributed by atoms with Crippen molar-refractivity contribution in [3.05, 3.63) is 45.9 Å². The summed E-state index contributed by atoms with van der Waals surface area (Å²) < 4.78 is 5.74. The molecule has 198 valence electrons. The summed E-state index contributed by atoms with van der Waals surface area (Å²) in [6, 6.07) is 1.60. The number of hydrogen-bond acceptors (Lipinski definition) is 11. The van der Waals surface area contributed by atoms with Crippen molar-refractivity contribution in [2.45, 2.75) is 43.9 Å². The molecule has 0 aromatic heterocycles. The summed E-state index contributed by atoms with van der Waals surface area (Å²) in [5.41, 5.74) is 6.77. The molecule has 3 aliphatic rings. The lowest BCUT2D eigenvalue weighted by Crippen LogP contribution is -2.69. The zero-order chi connectivity index (χ0) is 27.7. The number of nitrogens with two attached hydrogens (primary N) is 2. The van der Waals surface area contributed by atoms with E-state index >= 15 is 0 Å². The Hall–Kier alpha value is -3.90. The molecule has 0 bridgehead atoms. The molecule has 12 nitrogen and oxygen atoms in total. The molecule has 1 aromatic carbocycles. The van der Waals surface area contributed by atoms with Gasteiger partial charge in [0.05, 0.1) is 23.2 Å². The van der Waals surface area contributed by atoms with E-state index in [1.165, 1.54) is 38.1 Å². The third-order valence-electron chi connectivity index (χ3n) is 7.69. The topological polar surface area (TPSA) is 214 Å². The number of anilines is 1. The highest BCUT2D eigenvalue weighted by Crippen LogP contribution is 2.56. The number of nitrogen functional groups attached to an aromatic ring is 1. The predicted molar refractivity (Wildman–Crippen MR) is 128 cm³/mol. The van der Waals surface area contributed by atoms with Gasteiger partial charge in [0.1, 0.15) is 28.9 Å². The number of likely N-dealkylation sites (N-methyl/N-ethyl adjacent to an activating group) is 1. The van der Waals surface area contributed by atoms with Gasteiger partial charge in [0.25, 0.3) is 5.91 Å². The first-order valence-electron chi connectivity index (χ1n) is 11.7. The van der Waals surface area contributed by atoms with E-state index in [0.717, 1.165) is 0 Å². The summed E-state index contributed by atoms with van der Waals surface area (Å²) in [6.45, 7) is 3.19. The zero-order valence-corrected chi connectivity index (χ0v) is 20.7. The fourth-order valence-corrected chi connectivity index (χ4v) is 5.99. The molecule has 12 heteroatoms. The van der Waals surface area contributed by atoms with Crippen LogP contribution in [0, 0.1) is 11.8 Å². The van der Waals surface area contributed by atoms with Crippen LogP contribution in [0.15, 0.2) is 34.8 Å². The molecule has 0 fully saturated rings. The van der Waals surface area contributed by atoms with Crippen LogP contribution in [0.4, 0.5) is 5.69 Å². The summed E-state index contributed by atoms with van der Waals surface area (Å²) in [7, 11) is 2.96. The highest BCUT2D eigenvalue weighted by molar-refractivity contribution is 6.25. The predicted octanol–water partition coefficient (Wildman–Crippen LogP) is 0.196. The number of ether oxygens (including phenoxy) is 1. The second kappa shape index (κ2) is 8.60. The number of Topliss-reactive ketones (excluding diaryl/α,β-unsaturated/α-hetero) is 2. The number of carbonyl (C=O) groups is 4. The normalized spacial score (nSPS) is 31.1. The van der Waals surface area contributed by atoms with Crippen LogP contribution in [0.1, 0.15) is 42.1 Å². The number of ketones is 2. The Bertz CT molecular complexity index is 1310. The average molecular weight is 516 g/mol. The van der Waals surface area contributed by atoms with Gasteiger partial charge in [0.15, 0.2) is 11.4 Å². The van der Waals surface area contributed by atoms with E-state index in [0.29, 0.717) is 5.56 Å². The summed E-state index contributed by atoms with van der Waals surface area (Å²) in [4.78, 5) is 53.4. The number of benzene rings is 1. The average Bonchev–Trinajstić information content (AvgIpc) is 2.82. The lowest BCUT2D eigenvalue weighted by Gasteiger charge is -2.54. The van der Waals surface area contributed by atoms with Crippen molar-refractivity contribution in [2.24, 2.45) is 17.6 Å². The van der Waals surface area contributed by atoms with Gasteiger partial charge < -0.3 is 36.6 Å². The van der Waals surface area contributed by atoms with Gasteiger partial charge in [-0.05, 0) is 31.6 Å². The number of aromatic hydroxyl groups is 1. The molecule has 0 radical (unpaired) electrons. The molecule has 0 saturated carbocycles. The molecular formula is C25H29N3O9. The molecule has 1 amide bonds. The number of aliphatic hydroxyl groups is 3. The van der Waals surface area contributed by atoms with E-state index in [2.05, 4.69) is 0 Å². The number of fused-ring (bicyclic) bond motifs is 3. The molecular weight excluding hydrogens is 486 g/mol. The van der Waals surface area contributed by atoms with Crippen LogP contribution in [-0.4, -0.2) is 80.6 Å². The van der Waals surface area contributed by atoms with E-state index in [9.17, 15) is 39.6 Å². The van der Waals surface area contributed by atoms with Gasteiger partial charge >= 0.3 is 5.97 Å². The van der Waals surface area contributed by atoms with Crippen molar-refractivity contribution >= 4 is 29.1 Å². The van der Waals surface area contributed by atoms with E-state index in [4.69, 9.17) is 16.2 Å². The third kappa shape index (κ3) is 3.36. The van der Waals surface area contributed by atoms with Gasteiger partial charge in [-0.3, -0.25) is 24.1 Å². The fourth-order valence-electron chi connectivity index (χ4n) is 5.99. The van der Waals surface area contributed by atoms with Gasteiger partial charge in [-0.1, -0.05) is 19.9 Å². The lowest BCUT2D eigenvalue weighted by atomic mass is 9.55.